The van der Waals surface area contributed by atoms with Crippen LogP contribution in [0, 0.1) is 11.8 Å². The summed E-state index contributed by atoms with van der Waals surface area (Å²) in [5, 5.41) is 12.5. The molecule has 3 aliphatic rings. The lowest BCUT2D eigenvalue weighted by Crippen LogP contribution is -2.44. The Morgan fingerprint density at radius 2 is 1.69 bits per heavy atom. The van der Waals surface area contributed by atoms with Gasteiger partial charge in [-0.2, -0.15) is 0 Å². The highest BCUT2D eigenvalue weighted by molar-refractivity contribution is 5.90. The molecule has 1 aromatic carbocycles. The lowest BCUT2D eigenvalue weighted by atomic mass is 9.83. The Hall–Kier alpha value is -2.15. The highest BCUT2D eigenvalue weighted by Gasteiger charge is 2.30. The zero-order valence-electron chi connectivity index (χ0n) is 21.8. The molecule has 1 atom stereocenters. The van der Waals surface area contributed by atoms with E-state index >= 15 is 0 Å². The zero-order valence-corrected chi connectivity index (χ0v) is 21.8. The van der Waals surface area contributed by atoms with Crippen LogP contribution in [0.1, 0.15) is 81.8 Å². The summed E-state index contributed by atoms with van der Waals surface area (Å²) >= 11 is 0. The van der Waals surface area contributed by atoms with Gasteiger partial charge in [-0.15, -0.1) is 0 Å². The highest BCUT2D eigenvalue weighted by Crippen LogP contribution is 2.32. The van der Waals surface area contributed by atoms with Gasteiger partial charge in [0.1, 0.15) is 5.76 Å². The molecule has 3 fully saturated rings. The maximum Gasteiger partial charge on any atom is 0.267 e. The summed E-state index contributed by atoms with van der Waals surface area (Å²) in [6.07, 6.45) is 17.5. The maximum absolute atomic E-state index is 11.1. The summed E-state index contributed by atoms with van der Waals surface area (Å²) in [6, 6.07) is 8.57. The Labute approximate surface area is 217 Å². The van der Waals surface area contributed by atoms with E-state index in [1.54, 1.807) is 11.6 Å². The van der Waals surface area contributed by atoms with E-state index in [0.717, 1.165) is 37.5 Å². The third-order valence-electron chi connectivity index (χ3n) is 8.35. The van der Waals surface area contributed by atoms with Crippen molar-refractivity contribution in [2.45, 2.75) is 89.3 Å². The van der Waals surface area contributed by atoms with Crippen molar-refractivity contribution in [2.75, 3.05) is 19.6 Å². The predicted molar refractivity (Wildman–Crippen MR) is 144 cm³/mol. The van der Waals surface area contributed by atoms with E-state index in [1.165, 1.54) is 82.3 Å². The van der Waals surface area contributed by atoms with Gasteiger partial charge in [-0.1, -0.05) is 50.1 Å². The zero-order chi connectivity index (χ0) is 25.2. The molecule has 6 nitrogen and oxygen atoms in total. The molecule has 0 radical (unpaired) electrons. The van der Waals surface area contributed by atoms with Gasteiger partial charge < -0.3 is 10.1 Å². The van der Waals surface area contributed by atoms with Gasteiger partial charge in [0.2, 0.25) is 0 Å². The normalized spacial score (nSPS) is 21.6. The topological polar surface area (TPSA) is 73.8 Å². The minimum atomic E-state index is -0.521. The van der Waals surface area contributed by atoms with Crippen molar-refractivity contribution in [1.82, 2.24) is 15.7 Å². The SMILES string of the molecule is C=C(OC1CCCC1)[C@@H](NCC1CCN(Cc2ccc(/C=C/C(=O)NO)cc2)CC1)C1CCCCC1. The van der Waals surface area contributed by atoms with Crippen LogP contribution in [0.15, 0.2) is 42.7 Å². The molecular formula is C30H45N3O3. The Kier molecular flexibility index (Phi) is 10.4. The first-order valence-electron chi connectivity index (χ1n) is 14.1. The molecule has 6 heteroatoms. The molecule has 1 heterocycles. The van der Waals surface area contributed by atoms with Crippen molar-refractivity contribution in [1.29, 1.82) is 0 Å². The molecule has 1 amide bonds. The minimum absolute atomic E-state index is 0.306. The molecule has 198 valence electrons. The quantitative estimate of drug-likeness (QED) is 0.165. The molecule has 0 aromatic heterocycles. The van der Waals surface area contributed by atoms with Crippen LogP contribution in [0.3, 0.4) is 0 Å². The molecule has 0 unspecified atom stereocenters. The number of nitrogens with one attached hydrogen (secondary N) is 2. The van der Waals surface area contributed by atoms with E-state index in [0.29, 0.717) is 24.0 Å². The molecule has 2 aliphatic carbocycles. The van der Waals surface area contributed by atoms with Gasteiger partial charge in [0.25, 0.3) is 5.91 Å². The molecular weight excluding hydrogens is 450 g/mol. The number of hydrogen-bond acceptors (Lipinski definition) is 5. The van der Waals surface area contributed by atoms with E-state index in [2.05, 4.69) is 28.9 Å². The Balaban J connectivity index is 1.22. The van der Waals surface area contributed by atoms with Crippen LogP contribution in [-0.4, -0.2) is 47.8 Å². The molecule has 0 bridgehead atoms. The number of hydrogen-bond donors (Lipinski definition) is 3. The monoisotopic (exact) mass is 495 g/mol. The smallest absolute Gasteiger partial charge is 0.267 e. The van der Waals surface area contributed by atoms with E-state index in [9.17, 15) is 4.79 Å². The molecule has 1 saturated heterocycles. The Morgan fingerprint density at radius 3 is 2.36 bits per heavy atom. The number of carbonyl (C=O) groups is 1. The second-order valence-corrected chi connectivity index (χ2v) is 11.0. The lowest BCUT2D eigenvalue weighted by Gasteiger charge is -2.36. The van der Waals surface area contributed by atoms with Crippen LogP contribution >= 0.6 is 0 Å². The average molecular weight is 496 g/mol. The van der Waals surface area contributed by atoms with E-state index in [-0.39, 0.29) is 0 Å². The predicted octanol–water partition coefficient (Wildman–Crippen LogP) is 5.43. The summed E-state index contributed by atoms with van der Waals surface area (Å²) < 4.78 is 6.39. The fourth-order valence-corrected chi connectivity index (χ4v) is 6.15. The van der Waals surface area contributed by atoms with E-state index in [4.69, 9.17) is 9.94 Å². The third kappa shape index (κ3) is 8.19. The lowest BCUT2D eigenvalue weighted by molar-refractivity contribution is -0.124. The third-order valence-corrected chi connectivity index (χ3v) is 8.35. The number of nitrogens with zero attached hydrogens (tertiary/aromatic N) is 1. The number of hydroxylamine groups is 1. The van der Waals surface area contributed by atoms with Gasteiger partial charge in [-0.05, 0) is 100 Å². The fraction of sp³-hybridized carbons (Fsp3) is 0.633. The summed E-state index contributed by atoms with van der Waals surface area (Å²) in [7, 11) is 0. The number of likely N-dealkylation sites (tertiary alicyclic amines) is 1. The van der Waals surface area contributed by atoms with Gasteiger partial charge >= 0.3 is 0 Å². The minimum Gasteiger partial charge on any atom is -0.494 e. The van der Waals surface area contributed by atoms with Crippen molar-refractivity contribution < 1.29 is 14.7 Å². The Morgan fingerprint density at radius 1 is 1.03 bits per heavy atom. The van der Waals surface area contributed by atoms with Crippen molar-refractivity contribution in [2.24, 2.45) is 11.8 Å². The number of amides is 1. The second-order valence-electron chi connectivity index (χ2n) is 11.0. The van der Waals surface area contributed by atoms with Gasteiger partial charge in [0.05, 0.1) is 12.1 Å². The van der Waals surface area contributed by atoms with Crippen LogP contribution in [0.25, 0.3) is 6.08 Å². The first-order valence-corrected chi connectivity index (χ1v) is 14.1. The first-order chi connectivity index (χ1) is 17.6. The van der Waals surface area contributed by atoms with Crippen molar-refractivity contribution in [3.05, 3.63) is 53.8 Å². The van der Waals surface area contributed by atoms with Crippen LogP contribution in [0.5, 0.6) is 0 Å². The standard InChI is InChI=1S/C30H45N3O3/c1-23(36-28-9-5-6-10-28)30(27-7-3-2-4-8-27)31-21-25-17-19-33(20-18-25)22-26-13-11-24(12-14-26)15-16-29(34)32-35/h11-16,25,27-28,30-31,35H,1-10,17-22H2,(H,32,34)/b16-15+/t30-/m1/s1. The summed E-state index contributed by atoms with van der Waals surface area (Å²) in [6.45, 7) is 8.68. The van der Waals surface area contributed by atoms with Crippen molar-refractivity contribution in [3.63, 3.8) is 0 Å². The molecule has 0 spiro atoms. The summed E-state index contributed by atoms with van der Waals surface area (Å²) in [4.78, 5) is 13.7. The second kappa shape index (κ2) is 14.0. The number of ether oxygens (including phenoxy) is 1. The van der Waals surface area contributed by atoms with Crippen LogP contribution in [0.4, 0.5) is 0 Å². The number of rotatable bonds is 11. The molecule has 36 heavy (non-hydrogen) atoms. The van der Waals surface area contributed by atoms with E-state index in [1.807, 2.05) is 12.1 Å². The summed E-state index contributed by atoms with van der Waals surface area (Å²) in [5.74, 6) is 1.86. The molecule has 1 aromatic rings. The van der Waals surface area contributed by atoms with Crippen LogP contribution in [-0.2, 0) is 16.1 Å². The fourth-order valence-electron chi connectivity index (χ4n) is 6.15. The number of carbonyl (C=O) groups excluding carboxylic acids is 1. The van der Waals surface area contributed by atoms with Crippen LogP contribution in [0.2, 0.25) is 0 Å². The van der Waals surface area contributed by atoms with Gasteiger partial charge in [-0.3, -0.25) is 14.9 Å². The van der Waals surface area contributed by atoms with E-state index < -0.39 is 5.91 Å². The first kappa shape index (κ1) is 26.9. The highest BCUT2D eigenvalue weighted by atomic mass is 16.5. The Bertz CT molecular complexity index is 849. The largest absolute Gasteiger partial charge is 0.494 e. The maximum atomic E-state index is 11.1. The molecule has 4 rings (SSSR count). The van der Waals surface area contributed by atoms with Gasteiger partial charge in [0.15, 0.2) is 0 Å². The number of benzene rings is 1. The average Bonchev–Trinajstić information content (AvgIpc) is 3.43. The van der Waals surface area contributed by atoms with Crippen molar-refractivity contribution >= 4 is 12.0 Å². The van der Waals surface area contributed by atoms with Crippen molar-refractivity contribution in [3.8, 4) is 0 Å². The van der Waals surface area contributed by atoms with Gasteiger partial charge in [0, 0.05) is 12.6 Å². The summed E-state index contributed by atoms with van der Waals surface area (Å²) in [5.41, 5.74) is 3.84. The molecule has 3 N–H and O–H groups in total. The van der Waals surface area contributed by atoms with Crippen LogP contribution < -0.4 is 10.8 Å². The number of piperidine rings is 1. The molecule has 1 aliphatic heterocycles. The van der Waals surface area contributed by atoms with Gasteiger partial charge in [-0.25, -0.2) is 5.48 Å². The molecule has 2 saturated carbocycles.